The summed E-state index contributed by atoms with van der Waals surface area (Å²) in [7, 11) is 0. The number of anilines is 1. The standard InChI is InChI=1S/C14H15NO/c1-3-7-12-11-8-5-6-9-13(11)15(10-4-2)14(12)16/h3-6,8-9,12H,1-2,7,10H2. The molecule has 0 aromatic heterocycles. The number of benzene rings is 1. The lowest BCUT2D eigenvalue weighted by Gasteiger charge is -2.15. The van der Waals surface area contributed by atoms with Crippen LogP contribution in [0.2, 0.25) is 0 Å². The number of hydrogen-bond donors (Lipinski definition) is 0. The van der Waals surface area contributed by atoms with Gasteiger partial charge in [0.1, 0.15) is 0 Å². The smallest absolute Gasteiger partial charge is 0.235 e. The van der Waals surface area contributed by atoms with Crippen LogP contribution in [0.15, 0.2) is 49.6 Å². The van der Waals surface area contributed by atoms with Gasteiger partial charge in [0.05, 0.1) is 5.92 Å². The minimum atomic E-state index is -0.0614. The van der Waals surface area contributed by atoms with Crippen LogP contribution in [-0.4, -0.2) is 12.5 Å². The van der Waals surface area contributed by atoms with Crippen molar-refractivity contribution in [1.29, 1.82) is 0 Å². The van der Waals surface area contributed by atoms with E-state index in [9.17, 15) is 4.79 Å². The van der Waals surface area contributed by atoms with Gasteiger partial charge in [0.15, 0.2) is 0 Å². The molecule has 82 valence electrons. The van der Waals surface area contributed by atoms with E-state index in [2.05, 4.69) is 13.2 Å². The zero-order valence-corrected chi connectivity index (χ0v) is 9.23. The molecule has 2 nitrogen and oxygen atoms in total. The fourth-order valence-corrected chi connectivity index (χ4v) is 2.18. The SMILES string of the molecule is C=CCC1C(=O)N(CC=C)c2ccccc21. The second kappa shape index (κ2) is 4.35. The van der Waals surface area contributed by atoms with Gasteiger partial charge >= 0.3 is 0 Å². The Morgan fingerprint density at radius 3 is 2.69 bits per heavy atom. The zero-order valence-electron chi connectivity index (χ0n) is 9.23. The molecule has 0 saturated heterocycles. The lowest BCUT2D eigenvalue weighted by Crippen LogP contribution is -2.28. The molecule has 1 aliphatic rings. The van der Waals surface area contributed by atoms with Gasteiger partial charge in [-0.05, 0) is 18.1 Å². The van der Waals surface area contributed by atoms with Crippen molar-refractivity contribution in [3.05, 3.63) is 55.1 Å². The van der Waals surface area contributed by atoms with Crippen molar-refractivity contribution in [2.45, 2.75) is 12.3 Å². The average Bonchev–Trinajstić information content (AvgIpc) is 2.56. The number of amides is 1. The van der Waals surface area contributed by atoms with Gasteiger partial charge in [-0.25, -0.2) is 0 Å². The Labute approximate surface area is 95.9 Å². The summed E-state index contributed by atoms with van der Waals surface area (Å²) in [4.78, 5) is 14.0. The van der Waals surface area contributed by atoms with Crippen LogP contribution in [0.1, 0.15) is 17.9 Å². The third-order valence-electron chi connectivity index (χ3n) is 2.88. The van der Waals surface area contributed by atoms with Crippen molar-refractivity contribution in [2.75, 3.05) is 11.4 Å². The summed E-state index contributed by atoms with van der Waals surface area (Å²) in [5.41, 5.74) is 2.12. The van der Waals surface area contributed by atoms with Crippen LogP contribution in [0.3, 0.4) is 0 Å². The fourth-order valence-electron chi connectivity index (χ4n) is 2.18. The third-order valence-corrected chi connectivity index (χ3v) is 2.88. The summed E-state index contributed by atoms with van der Waals surface area (Å²) in [5, 5.41) is 0. The predicted molar refractivity (Wildman–Crippen MR) is 66.5 cm³/mol. The molecule has 1 aromatic rings. The van der Waals surface area contributed by atoms with Gasteiger partial charge in [0.25, 0.3) is 0 Å². The first-order chi connectivity index (χ1) is 7.79. The molecule has 1 amide bonds. The van der Waals surface area contributed by atoms with Crippen LogP contribution in [0.25, 0.3) is 0 Å². The molecule has 0 bridgehead atoms. The molecule has 2 rings (SSSR count). The molecule has 0 radical (unpaired) electrons. The number of allylic oxidation sites excluding steroid dienone is 1. The largest absolute Gasteiger partial charge is 0.308 e. The fraction of sp³-hybridized carbons (Fsp3) is 0.214. The number of hydrogen-bond acceptors (Lipinski definition) is 1. The summed E-state index contributed by atoms with van der Waals surface area (Å²) in [6.07, 6.45) is 4.26. The predicted octanol–water partition coefficient (Wildman–Crippen LogP) is 2.88. The minimum Gasteiger partial charge on any atom is -0.308 e. The average molecular weight is 213 g/mol. The number of rotatable bonds is 4. The highest BCUT2D eigenvalue weighted by Crippen LogP contribution is 2.38. The first kappa shape index (κ1) is 10.7. The van der Waals surface area contributed by atoms with Crippen LogP contribution < -0.4 is 4.90 Å². The van der Waals surface area contributed by atoms with E-state index in [4.69, 9.17) is 0 Å². The molecule has 1 aromatic carbocycles. The Hall–Kier alpha value is -1.83. The molecule has 0 N–H and O–H groups in total. The van der Waals surface area contributed by atoms with E-state index in [0.29, 0.717) is 13.0 Å². The molecule has 0 spiro atoms. The number of carbonyl (C=O) groups is 1. The van der Waals surface area contributed by atoms with Gasteiger partial charge in [-0.2, -0.15) is 0 Å². The van der Waals surface area contributed by atoms with E-state index in [1.807, 2.05) is 24.3 Å². The summed E-state index contributed by atoms with van der Waals surface area (Å²) in [6.45, 7) is 7.97. The first-order valence-corrected chi connectivity index (χ1v) is 5.41. The van der Waals surface area contributed by atoms with Crippen LogP contribution in [0, 0.1) is 0 Å². The Balaban J connectivity index is 2.43. The first-order valence-electron chi connectivity index (χ1n) is 5.41. The Kier molecular flexibility index (Phi) is 2.91. The van der Waals surface area contributed by atoms with Gasteiger partial charge in [-0.1, -0.05) is 30.4 Å². The normalized spacial score (nSPS) is 18.4. The molecule has 0 aliphatic carbocycles. The lowest BCUT2D eigenvalue weighted by molar-refractivity contribution is -0.119. The highest BCUT2D eigenvalue weighted by Gasteiger charge is 2.35. The summed E-state index contributed by atoms with van der Waals surface area (Å²) in [6, 6.07) is 7.93. The topological polar surface area (TPSA) is 20.3 Å². The van der Waals surface area contributed by atoms with Gasteiger partial charge in [0, 0.05) is 12.2 Å². The van der Waals surface area contributed by atoms with Crippen LogP contribution in [-0.2, 0) is 4.79 Å². The number of nitrogens with zero attached hydrogens (tertiary/aromatic N) is 1. The van der Waals surface area contributed by atoms with E-state index < -0.39 is 0 Å². The molecule has 1 atom stereocenters. The number of carbonyl (C=O) groups excluding carboxylic acids is 1. The Morgan fingerprint density at radius 1 is 1.25 bits per heavy atom. The van der Waals surface area contributed by atoms with Gasteiger partial charge in [0.2, 0.25) is 5.91 Å². The molecule has 1 heterocycles. The molecule has 1 unspecified atom stereocenters. The summed E-state index contributed by atoms with van der Waals surface area (Å²) >= 11 is 0. The maximum Gasteiger partial charge on any atom is 0.235 e. The van der Waals surface area contributed by atoms with E-state index >= 15 is 0 Å². The van der Waals surface area contributed by atoms with Crippen molar-refractivity contribution >= 4 is 11.6 Å². The van der Waals surface area contributed by atoms with Crippen molar-refractivity contribution < 1.29 is 4.79 Å². The van der Waals surface area contributed by atoms with E-state index in [0.717, 1.165) is 11.3 Å². The van der Waals surface area contributed by atoms with Crippen LogP contribution in [0.4, 0.5) is 5.69 Å². The third kappa shape index (κ3) is 1.56. The van der Waals surface area contributed by atoms with Gasteiger partial charge < -0.3 is 4.90 Å². The second-order valence-corrected chi connectivity index (χ2v) is 3.87. The maximum absolute atomic E-state index is 12.2. The summed E-state index contributed by atoms with van der Waals surface area (Å²) in [5.74, 6) is 0.0923. The molecule has 2 heteroatoms. The molecular weight excluding hydrogens is 198 g/mol. The maximum atomic E-state index is 12.2. The summed E-state index contributed by atoms with van der Waals surface area (Å²) < 4.78 is 0. The Bertz CT molecular complexity index is 397. The van der Waals surface area contributed by atoms with E-state index in [-0.39, 0.29) is 11.8 Å². The monoisotopic (exact) mass is 213 g/mol. The minimum absolute atomic E-state index is 0.0614. The van der Waals surface area contributed by atoms with Gasteiger partial charge in [-0.15, -0.1) is 13.2 Å². The van der Waals surface area contributed by atoms with Crippen LogP contribution in [0.5, 0.6) is 0 Å². The quantitative estimate of drug-likeness (QED) is 0.704. The molecule has 0 fully saturated rings. The van der Waals surface area contributed by atoms with Crippen molar-refractivity contribution in [1.82, 2.24) is 0 Å². The van der Waals surface area contributed by atoms with Crippen molar-refractivity contribution in [3.63, 3.8) is 0 Å². The number of para-hydroxylation sites is 1. The van der Waals surface area contributed by atoms with Crippen molar-refractivity contribution in [3.8, 4) is 0 Å². The highest BCUT2D eigenvalue weighted by molar-refractivity contribution is 6.05. The zero-order chi connectivity index (χ0) is 11.5. The molecule has 0 saturated carbocycles. The molecular formula is C14H15NO. The lowest BCUT2D eigenvalue weighted by atomic mass is 9.97. The molecule has 1 aliphatic heterocycles. The highest BCUT2D eigenvalue weighted by atomic mass is 16.2. The second-order valence-electron chi connectivity index (χ2n) is 3.87. The number of fused-ring (bicyclic) bond motifs is 1. The Morgan fingerprint density at radius 2 is 2.00 bits per heavy atom. The molecule has 16 heavy (non-hydrogen) atoms. The van der Waals surface area contributed by atoms with Gasteiger partial charge in [-0.3, -0.25) is 4.79 Å². The van der Waals surface area contributed by atoms with Crippen molar-refractivity contribution in [2.24, 2.45) is 0 Å². The van der Waals surface area contributed by atoms with E-state index in [1.54, 1.807) is 17.1 Å². The van der Waals surface area contributed by atoms with E-state index in [1.165, 1.54) is 0 Å². The van der Waals surface area contributed by atoms with Crippen LogP contribution >= 0.6 is 0 Å².